The van der Waals surface area contributed by atoms with Crippen molar-refractivity contribution in [1.82, 2.24) is 14.6 Å². The molecule has 0 radical (unpaired) electrons. The van der Waals surface area contributed by atoms with Gasteiger partial charge in [0.15, 0.2) is 17.1 Å². The third kappa shape index (κ3) is 4.54. The maximum absolute atomic E-state index is 13.5. The SMILES string of the molecule is CCOc1cc(C=Nn2c(N)c(C(=O)Nc3cc(C)ccc3C)c3nc4ccccc4nc32)ccc1O. The number of carbonyl (C=O) groups is 1. The number of rotatable bonds is 6. The van der Waals surface area contributed by atoms with Gasteiger partial charge in [-0.15, -0.1) is 0 Å². The number of aryl methyl sites for hydroxylation is 2. The number of aromatic hydroxyl groups is 1. The number of anilines is 2. The number of hydrogen-bond donors (Lipinski definition) is 3. The van der Waals surface area contributed by atoms with E-state index in [4.69, 9.17) is 20.4 Å². The molecule has 1 amide bonds. The fraction of sp³-hybridized carbons (Fsp3) is 0.143. The lowest BCUT2D eigenvalue weighted by molar-refractivity contribution is 0.102. The van der Waals surface area contributed by atoms with Crippen LogP contribution in [0.15, 0.2) is 65.8 Å². The van der Waals surface area contributed by atoms with Crippen molar-refractivity contribution in [2.45, 2.75) is 20.8 Å². The van der Waals surface area contributed by atoms with Crippen LogP contribution in [0.2, 0.25) is 0 Å². The zero-order valence-electron chi connectivity index (χ0n) is 20.7. The number of carbonyl (C=O) groups excluding carboxylic acids is 1. The molecule has 0 bridgehead atoms. The molecule has 0 aliphatic rings. The Balaban J connectivity index is 1.64. The number of nitrogens with zero attached hydrogens (tertiary/aromatic N) is 4. The summed E-state index contributed by atoms with van der Waals surface area (Å²) in [6.07, 6.45) is 1.56. The van der Waals surface area contributed by atoms with Gasteiger partial charge < -0.3 is 20.9 Å². The highest BCUT2D eigenvalue weighted by Gasteiger charge is 2.24. The molecule has 0 atom stereocenters. The quantitative estimate of drug-likeness (QED) is 0.284. The molecular formula is C28H26N6O3. The van der Waals surface area contributed by atoms with Crippen LogP contribution in [0.1, 0.15) is 34.0 Å². The van der Waals surface area contributed by atoms with E-state index in [0.717, 1.165) is 11.1 Å². The van der Waals surface area contributed by atoms with Gasteiger partial charge in [0.1, 0.15) is 16.9 Å². The number of nitrogen functional groups attached to an aromatic ring is 1. The Morgan fingerprint density at radius 1 is 1.11 bits per heavy atom. The second-order valence-corrected chi connectivity index (χ2v) is 8.63. The highest BCUT2D eigenvalue weighted by Crippen LogP contribution is 2.30. The van der Waals surface area contributed by atoms with Crippen molar-refractivity contribution in [3.8, 4) is 11.5 Å². The van der Waals surface area contributed by atoms with E-state index in [1.165, 1.54) is 10.7 Å². The Kier molecular flexibility index (Phi) is 6.19. The molecule has 4 N–H and O–H groups in total. The van der Waals surface area contributed by atoms with Gasteiger partial charge in [0.05, 0.1) is 23.9 Å². The number of nitrogens with two attached hydrogens (primary N) is 1. The van der Waals surface area contributed by atoms with Gasteiger partial charge in [-0.1, -0.05) is 24.3 Å². The van der Waals surface area contributed by atoms with E-state index in [2.05, 4.69) is 10.4 Å². The molecule has 0 saturated carbocycles. The Morgan fingerprint density at radius 2 is 1.86 bits per heavy atom. The second-order valence-electron chi connectivity index (χ2n) is 8.63. The molecular weight excluding hydrogens is 468 g/mol. The average molecular weight is 495 g/mol. The van der Waals surface area contributed by atoms with Crippen molar-refractivity contribution in [2.24, 2.45) is 5.10 Å². The first kappa shape index (κ1) is 23.8. The first-order valence-electron chi connectivity index (χ1n) is 11.8. The molecule has 0 saturated heterocycles. The van der Waals surface area contributed by atoms with Crippen LogP contribution in [0.4, 0.5) is 11.5 Å². The lowest BCUT2D eigenvalue weighted by Crippen LogP contribution is -2.15. The smallest absolute Gasteiger partial charge is 0.261 e. The minimum atomic E-state index is -0.405. The molecule has 3 aromatic carbocycles. The Labute approximate surface area is 213 Å². The fourth-order valence-corrected chi connectivity index (χ4v) is 4.05. The summed E-state index contributed by atoms with van der Waals surface area (Å²) in [5.41, 5.74) is 12.0. The van der Waals surface area contributed by atoms with Crippen LogP contribution in [0, 0.1) is 13.8 Å². The van der Waals surface area contributed by atoms with E-state index in [1.807, 2.05) is 63.2 Å². The van der Waals surface area contributed by atoms with Gasteiger partial charge in [-0.05, 0) is 73.9 Å². The number of fused-ring (bicyclic) bond motifs is 2. The molecule has 2 heterocycles. The Hall–Kier alpha value is -4.92. The monoisotopic (exact) mass is 494 g/mol. The summed E-state index contributed by atoms with van der Waals surface area (Å²) in [5.74, 6) is 0.0787. The first-order chi connectivity index (χ1) is 17.9. The molecule has 0 spiro atoms. The van der Waals surface area contributed by atoms with E-state index in [1.54, 1.807) is 18.3 Å². The van der Waals surface area contributed by atoms with Crippen LogP contribution in [0.5, 0.6) is 11.5 Å². The summed E-state index contributed by atoms with van der Waals surface area (Å²) in [6, 6.07) is 18.1. The molecule has 9 heteroatoms. The van der Waals surface area contributed by atoms with E-state index >= 15 is 0 Å². The molecule has 186 valence electrons. The predicted octanol–water partition coefficient (Wildman–Crippen LogP) is 5.02. The third-order valence-electron chi connectivity index (χ3n) is 5.95. The maximum Gasteiger partial charge on any atom is 0.261 e. The second kappa shape index (κ2) is 9.62. The van der Waals surface area contributed by atoms with E-state index < -0.39 is 5.91 Å². The van der Waals surface area contributed by atoms with Crippen LogP contribution >= 0.6 is 0 Å². The number of nitrogens with one attached hydrogen (secondary N) is 1. The van der Waals surface area contributed by atoms with Crippen LogP contribution in [0.25, 0.3) is 22.2 Å². The van der Waals surface area contributed by atoms with Crippen molar-refractivity contribution < 1.29 is 14.6 Å². The molecule has 37 heavy (non-hydrogen) atoms. The third-order valence-corrected chi connectivity index (χ3v) is 5.95. The Bertz CT molecular complexity index is 1690. The number of para-hydroxylation sites is 2. The molecule has 2 aromatic heterocycles. The highest BCUT2D eigenvalue weighted by molar-refractivity contribution is 6.16. The topological polar surface area (TPSA) is 128 Å². The number of amides is 1. The van der Waals surface area contributed by atoms with Crippen LogP contribution in [0.3, 0.4) is 0 Å². The number of hydrogen-bond acceptors (Lipinski definition) is 7. The molecule has 0 aliphatic heterocycles. The summed E-state index contributed by atoms with van der Waals surface area (Å²) in [7, 11) is 0. The summed E-state index contributed by atoms with van der Waals surface area (Å²) in [4.78, 5) is 23.0. The number of phenolic OH excluding ortho intramolecular Hbond substituents is 1. The first-order valence-corrected chi connectivity index (χ1v) is 11.8. The predicted molar refractivity (Wildman–Crippen MR) is 146 cm³/mol. The number of phenols is 1. The summed E-state index contributed by atoms with van der Waals surface area (Å²) < 4.78 is 6.87. The Morgan fingerprint density at radius 3 is 2.62 bits per heavy atom. The lowest BCUT2D eigenvalue weighted by atomic mass is 10.1. The van der Waals surface area contributed by atoms with Gasteiger partial charge in [0.25, 0.3) is 5.91 Å². The van der Waals surface area contributed by atoms with Crippen molar-refractivity contribution >= 4 is 45.8 Å². The largest absolute Gasteiger partial charge is 0.504 e. The summed E-state index contributed by atoms with van der Waals surface area (Å²) in [6.45, 7) is 6.13. The molecule has 0 aliphatic carbocycles. The molecule has 9 nitrogen and oxygen atoms in total. The fourth-order valence-electron chi connectivity index (χ4n) is 4.05. The average Bonchev–Trinajstić information content (AvgIpc) is 3.15. The van der Waals surface area contributed by atoms with E-state index in [9.17, 15) is 9.90 Å². The number of aromatic nitrogens is 3. The maximum atomic E-state index is 13.5. The van der Waals surface area contributed by atoms with Crippen molar-refractivity contribution in [3.05, 3.63) is 82.9 Å². The van der Waals surface area contributed by atoms with Gasteiger partial charge in [-0.25, -0.2) is 9.97 Å². The minimum absolute atomic E-state index is 0.0349. The van der Waals surface area contributed by atoms with Crippen molar-refractivity contribution in [1.29, 1.82) is 0 Å². The standard InChI is InChI=1S/C28H26N6O3/c1-4-37-23-14-18(11-12-22(23)35)15-30-34-26(29)24(28(36)33-21-13-16(2)9-10-17(21)3)25-27(34)32-20-8-6-5-7-19(20)31-25/h5-15,35H,4,29H2,1-3H3,(H,33,36). The van der Waals surface area contributed by atoms with Crippen LogP contribution in [-0.4, -0.2) is 38.5 Å². The highest BCUT2D eigenvalue weighted by atomic mass is 16.5. The molecule has 0 fully saturated rings. The zero-order chi connectivity index (χ0) is 26.1. The van der Waals surface area contributed by atoms with E-state index in [0.29, 0.717) is 45.8 Å². The summed E-state index contributed by atoms with van der Waals surface area (Å²) >= 11 is 0. The zero-order valence-corrected chi connectivity index (χ0v) is 20.7. The van der Waals surface area contributed by atoms with Crippen LogP contribution in [-0.2, 0) is 0 Å². The minimum Gasteiger partial charge on any atom is -0.504 e. The molecule has 0 unspecified atom stereocenters. The molecule has 5 aromatic rings. The van der Waals surface area contributed by atoms with E-state index in [-0.39, 0.29) is 17.1 Å². The van der Waals surface area contributed by atoms with Gasteiger partial charge in [-0.2, -0.15) is 9.78 Å². The van der Waals surface area contributed by atoms with Gasteiger partial charge in [-0.3, -0.25) is 4.79 Å². The van der Waals surface area contributed by atoms with Gasteiger partial charge >= 0.3 is 0 Å². The van der Waals surface area contributed by atoms with Crippen molar-refractivity contribution in [2.75, 3.05) is 17.7 Å². The number of benzene rings is 3. The summed E-state index contributed by atoms with van der Waals surface area (Å²) in [5, 5.41) is 17.5. The van der Waals surface area contributed by atoms with Crippen molar-refractivity contribution in [3.63, 3.8) is 0 Å². The van der Waals surface area contributed by atoms with Crippen LogP contribution < -0.4 is 15.8 Å². The number of ether oxygens (including phenoxy) is 1. The van der Waals surface area contributed by atoms with Gasteiger partial charge in [0, 0.05) is 5.69 Å². The normalized spacial score (nSPS) is 11.4. The van der Waals surface area contributed by atoms with Gasteiger partial charge in [0.2, 0.25) is 0 Å². The lowest BCUT2D eigenvalue weighted by Gasteiger charge is -2.09. The molecule has 5 rings (SSSR count).